The molecule has 0 radical (unpaired) electrons. The molecule has 0 spiro atoms. The van der Waals surface area contributed by atoms with Gasteiger partial charge in [0.1, 0.15) is 5.69 Å². The summed E-state index contributed by atoms with van der Waals surface area (Å²) in [5.41, 5.74) is 0.630. The number of hydrogen-bond acceptors (Lipinski definition) is 4. The Labute approximate surface area is 134 Å². The van der Waals surface area contributed by atoms with Crippen LogP contribution in [0.4, 0.5) is 0 Å². The zero-order valence-electron chi connectivity index (χ0n) is 13.0. The Morgan fingerprint density at radius 2 is 2.04 bits per heavy atom. The highest BCUT2D eigenvalue weighted by atomic mass is 16.2. The largest absolute Gasteiger partial charge is 0.348 e. The van der Waals surface area contributed by atoms with Gasteiger partial charge in [-0.1, -0.05) is 18.2 Å². The molecule has 0 bridgehead atoms. The second kappa shape index (κ2) is 6.75. The summed E-state index contributed by atoms with van der Waals surface area (Å²) in [6.45, 7) is 3.00. The molecule has 2 heterocycles. The van der Waals surface area contributed by atoms with Gasteiger partial charge in [-0.2, -0.15) is 9.78 Å². The predicted molar refractivity (Wildman–Crippen MR) is 87.8 cm³/mol. The molecular formula is C17H20N4O2. The summed E-state index contributed by atoms with van der Waals surface area (Å²) in [7, 11) is 0. The number of rotatable bonds is 3. The molecule has 1 aliphatic rings. The van der Waals surface area contributed by atoms with Crippen molar-refractivity contribution in [3.8, 4) is 5.69 Å². The number of benzene rings is 1. The molecule has 0 aliphatic carbocycles. The van der Waals surface area contributed by atoms with E-state index in [0.29, 0.717) is 11.7 Å². The third-order valence-electron chi connectivity index (χ3n) is 3.99. The smallest absolute Gasteiger partial charge is 0.271 e. The van der Waals surface area contributed by atoms with Crippen molar-refractivity contribution in [1.82, 2.24) is 20.4 Å². The van der Waals surface area contributed by atoms with Crippen LogP contribution in [-0.2, 0) is 0 Å². The number of carbonyl (C=O) groups is 1. The zero-order valence-corrected chi connectivity index (χ0v) is 13.0. The average molecular weight is 312 g/mol. The third kappa shape index (κ3) is 3.65. The molecule has 1 aliphatic heterocycles. The van der Waals surface area contributed by atoms with Crippen molar-refractivity contribution in [3.05, 3.63) is 58.5 Å². The quantitative estimate of drug-likeness (QED) is 0.890. The van der Waals surface area contributed by atoms with Gasteiger partial charge in [-0.15, -0.1) is 0 Å². The summed E-state index contributed by atoms with van der Waals surface area (Å²) in [5, 5.41) is 10.6. The van der Waals surface area contributed by atoms with Crippen molar-refractivity contribution in [2.75, 3.05) is 6.54 Å². The minimum Gasteiger partial charge on any atom is -0.348 e. The first-order valence-corrected chi connectivity index (χ1v) is 7.83. The Morgan fingerprint density at radius 1 is 1.26 bits per heavy atom. The molecule has 1 aromatic carbocycles. The minimum absolute atomic E-state index is 0.137. The van der Waals surface area contributed by atoms with Crippen LogP contribution >= 0.6 is 0 Å². The lowest BCUT2D eigenvalue weighted by atomic mass is 10.0. The van der Waals surface area contributed by atoms with Crippen LogP contribution < -0.4 is 16.2 Å². The lowest BCUT2D eigenvalue weighted by Crippen LogP contribution is -2.47. The van der Waals surface area contributed by atoms with Crippen molar-refractivity contribution >= 4 is 5.91 Å². The Kier molecular flexibility index (Phi) is 4.52. The third-order valence-corrected chi connectivity index (χ3v) is 3.99. The molecule has 6 nitrogen and oxygen atoms in total. The van der Waals surface area contributed by atoms with Crippen LogP contribution in [0.1, 0.15) is 30.3 Å². The summed E-state index contributed by atoms with van der Waals surface area (Å²) in [6, 6.07) is 12.5. The van der Waals surface area contributed by atoms with E-state index in [-0.39, 0.29) is 23.2 Å². The van der Waals surface area contributed by atoms with Gasteiger partial charge >= 0.3 is 0 Å². The summed E-state index contributed by atoms with van der Waals surface area (Å²) in [4.78, 5) is 24.4. The summed E-state index contributed by atoms with van der Waals surface area (Å²) >= 11 is 0. The number of hydrogen-bond donors (Lipinski definition) is 2. The number of piperidine rings is 1. The number of nitrogens with one attached hydrogen (secondary N) is 2. The molecule has 3 rings (SSSR count). The molecule has 1 saturated heterocycles. The molecule has 2 atom stereocenters. The van der Waals surface area contributed by atoms with Crippen LogP contribution in [0.5, 0.6) is 0 Å². The molecule has 23 heavy (non-hydrogen) atoms. The molecule has 1 fully saturated rings. The predicted octanol–water partition coefficient (Wildman–Crippen LogP) is 1.10. The second-order valence-corrected chi connectivity index (χ2v) is 5.85. The number of nitrogens with zero attached hydrogens (tertiary/aromatic N) is 2. The Hall–Kier alpha value is -2.47. The number of para-hydroxylation sites is 1. The lowest BCUT2D eigenvalue weighted by Gasteiger charge is -2.28. The Morgan fingerprint density at radius 3 is 2.78 bits per heavy atom. The molecular weight excluding hydrogens is 292 g/mol. The van der Waals surface area contributed by atoms with Crippen LogP contribution in [0.25, 0.3) is 5.69 Å². The topological polar surface area (TPSA) is 76.0 Å². The van der Waals surface area contributed by atoms with E-state index in [1.165, 1.54) is 16.8 Å². The number of amides is 1. The van der Waals surface area contributed by atoms with E-state index in [2.05, 4.69) is 22.7 Å². The fourth-order valence-corrected chi connectivity index (χ4v) is 2.81. The van der Waals surface area contributed by atoms with Gasteiger partial charge in [0.05, 0.1) is 5.69 Å². The van der Waals surface area contributed by atoms with Gasteiger partial charge in [0.15, 0.2) is 0 Å². The number of carbonyl (C=O) groups excluding carboxylic acids is 1. The summed E-state index contributed by atoms with van der Waals surface area (Å²) < 4.78 is 1.25. The molecule has 1 amide bonds. The molecule has 0 saturated carbocycles. The van der Waals surface area contributed by atoms with Crippen molar-refractivity contribution in [3.63, 3.8) is 0 Å². The lowest BCUT2D eigenvalue weighted by molar-refractivity contribution is 0.0918. The van der Waals surface area contributed by atoms with E-state index in [0.717, 1.165) is 19.4 Å². The SMILES string of the molecule is CC1CC(NC(=O)c2ccc(=O)n(-c3ccccc3)n2)CCN1. The van der Waals surface area contributed by atoms with Crippen molar-refractivity contribution in [1.29, 1.82) is 0 Å². The first kappa shape index (κ1) is 15.4. The Bertz CT molecular complexity index is 742. The van der Waals surface area contributed by atoms with Crippen LogP contribution in [0.2, 0.25) is 0 Å². The second-order valence-electron chi connectivity index (χ2n) is 5.85. The highest BCUT2D eigenvalue weighted by Crippen LogP contribution is 2.09. The van der Waals surface area contributed by atoms with Gasteiger partial charge in [0.25, 0.3) is 11.5 Å². The maximum Gasteiger partial charge on any atom is 0.271 e. The van der Waals surface area contributed by atoms with Gasteiger partial charge in [0.2, 0.25) is 0 Å². The van der Waals surface area contributed by atoms with Gasteiger partial charge in [-0.3, -0.25) is 9.59 Å². The molecule has 1 aromatic heterocycles. The average Bonchev–Trinajstić information content (AvgIpc) is 2.56. The van der Waals surface area contributed by atoms with E-state index in [9.17, 15) is 9.59 Å². The molecule has 120 valence electrons. The first-order chi connectivity index (χ1) is 11.1. The monoisotopic (exact) mass is 312 g/mol. The van der Waals surface area contributed by atoms with Gasteiger partial charge in [0, 0.05) is 18.2 Å². The van der Waals surface area contributed by atoms with Crippen molar-refractivity contribution < 1.29 is 4.79 Å². The molecule has 2 aromatic rings. The van der Waals surface area contributed by atoms with Crippen molar-refractivity contribution in [2.24, 2.45) is 0 Å². The molecule has 2 N–H and O–H groups in total. The number of aromatic nitrogens is 2. The maximum atomic E-state index is 12.4. The van der Waals surface area contributed by atoms with E-state index >= 15 is 0 Å². The van der Waals surface area contributed by atoms with Gasteiger partial charge < -0.3 is 10.6 Å². The zero-order chi connectivity index (χ0) is 16.2. The summed E-state index contributed by atoms with van der Waals surface area (Å²) in [5.74, 6) is -0.242. The Balaban J connectivity index is 1.80. The van der Waals surface area contributed by atoms with E-state index in [1.807, 2.05) is 18.2 Å². The van der Waals surface area contributed by atoms with Crippen LogP contribution in [0, 0.1) is 0 Å². The summed E-state index contributed by atoms with van der Waals surface area (Å²) in [6.07, 6.45) is 1.79. The molecule has 2 unspecified atom stereocenters. The highest BCUT2D eigenvalue weighted by molar-refractivity contribution is 5.92. The van der Waals surface area contributed by atoms with Crippen LogP contribution in [-0.4, -0.2) is 34.3 Å². The van der Waals surface area contributed by atoms with E-state index in [1.54, 1.807) is 12.1 Å². The van der Waals surface area contributed by atoms with Crippen LogP contribution in [0.3, 0.4) is 0 Å². The molecule has 6 heteroatoms. The standard InChI is InChI=1S/C17H20N4O2/c1-12-11-13(9-10-18-12)19-17(23)15-7-8-16(22)21(20-15)14-5-3-2-4-6-14/h2-8,12-13,18H,9-11H2,1H3,(H,19,23). The van der Waals surface area contributed by atoms with Crippen LogP contribution in [0.15, 0.2) is 47.3 Å². The fraction of sp³-hybridized carbons (Fsp3) is 0.353. The highest BCUT2D eigenvalue weighted by Gasteiger charge is 2.21. The minimum atomic E-state index is -0.261. The fourth-order valence-electron chi connectivity index (χ4n) is 2.81. The van der Waals surface area contributed by atoms with Gasteiger partial charge in [-0.25, -0.2) is 0 Å². The first-order valence-electron chi connectivity index (χ1n) is 7.83. The van der Waals surface area contributed by atoms with E-state index < -0.39 is 0 Å². The van der Waals surface area contributed by atoms with Crippen molar-refractivity contribution in [2.45, 2.75) is 31.8 Å². The van der Waals surface area contributed by atoms with Gasteiger partial charge in [-0.05, 0) is 44.5 Å². The van der Waals surface area contributed by atoms with E-state index in [4.69, 9.17) is 0 Å². The maximum absolute atomic E-state index is 12.4. The normalized spacial score (nSPS) is 20.9.